The van der Waals surface area contributed by atoms with Crippen LogP contribution < -0.4 is 4.72 Å². The number of hydrogen-bond donors (Lipinski definition) is 1. The van der Waals surface area contributed by atoms with Gasteiger partial charge in [0.1, 0.15) is 0 Å². The fourth-order valence-corrected chi connectivity index (χ4v) is 4.13. The van der Waals surface area contributed by atoms with Gasteiger partial charge in [0, 0.05) is 16.8 Å². The molecular weight excluding hydrogens is 396 g/mol. The number of rotatable bonds is 6. The Hall–Kier alpha value is -3.38. The van der Waals surface area contributed by atoms with Crippen LogP contribution in [0.3, 0.4) is 0 Å². The zero-order valence-electron chi connectivity index (χ0n) is 16.7. The third-order valence-corrected chi connectivity index (χ3v) is 6.20. The van der Waals surface area contributed by atoms with Crippen molar-refractivity contribution < 1.29 is 12.8 Å². The number of anilines is 1. The first kappa shape index (κ1) is 19.9. The van der Waals surface area contributed by atoms with E-state index in [0.717, 1.165) is 11.1 Å². The van der Waals surface area contributed by atoms with Crippen LogP contribution in [-0.2, 0) is 10.0 Å². The maximum Gasteiger partial charge on any atom is 0.261 e. The SMILES string of the molecule is CC(C)c1ccc(NS(=O)(=O)c2ccc(-c3ncc(-c4ccccc4)o3)cc2)cc1. The van der Waals surface area contributed by atoms with Crippen LogP contribution in [0, 0.1) is 0 Å². The average molecular weight is 419 g/mol. The Morgan fingerprint density at radius 3 is 2.13 bits per heavy atom. The van der Waals surface area contributed by atoms with Crippen LogP contribution in [0.4, 0.5) is 5.69 Å². The van der Waals surface area contributed by atoms with Crippen LogP contribution in [0.1, 0.15) is 25.3 Å². The molecule has 3 aromatic carbocycles. The van der Waals surface area contributed by atoms with Crippen LogP contribution in [0.15, 0.2) is 94.4 Å². The molecule has 0 amide bonds. The van der Waals surface area contributed by atoms with Gasteiger partial charge in [-0.2, -0.15) is 0 Å². The van der Waals surface area contributed by atoms with E-state index in [2.05, 4.69) is 23.6 Å². The molecule has 152 valence electrons. The zero-order valence-corrected chi connectivity index (χ0v) is 17.6. The number of hydrogen-bond acceptors (Lipinski definition) is 4. The Balaban J connectivity index is 1.52. The van der Waals surface area contributed by atoms with Gasteiger partial charge in [0.25, 0.3) is 10.0 Å². The van der Waals surface area contributed by atoms with Crippen molar-refractivity contribution in [3.05, 3.63) is 90.6 Å². The Bertz CT molecular complexity index is 1230. The molecule has 0 fully saturated rings. The number of nitrogens with zero attached hydrogens (tertiary/aromatic N) is 1. The highest BCUT2D eigenvalue weighted by molar-refractivity contribution is 7.92. The quantitative estimate of drug-likeness (QED) is 0.421. The highest BCUT2D eigenvalue weighted by Gasteiger charge is 2.16. The summed E-state index contributed by atoms with van der Waals surface area (Å²) in [6, 6.07) is 23.6. The molecule has 0 bridgehead atoms. The second-order valence-electron chi connectivity index (χ2n) is 7.30. The van der Waals surface area contributed by atoms with Gasteiger partial charge >= 0.3 is 0 Å². The third-order valence-electron chi connectivity index (χ3n) is 4.81. The first-order chi connectivity index (χ1) is 14.4. The van der Waals surface area contributed by atoms with Crippen LogP contribution >= 0.6 is 0 Å². The van der Waals surface area contributed by atoms with Gasteiger partial charge in [-0.3, -0.25) is 4.72 Å². The van der Waals surface area contributed by atoms with Crippen LogP contribution in [0.5, 0.6) is 0 Å². The molecule has 0 aliphatic carbocycles. The van der Waals surface area contributed by atoms with Gasteiger partial charge in [-0.25, -0.2) is 13.4 Å². The topological polar surface area (TPSA) is 72.2 Å². The molecule has 0 spiro atoms. The molecule has 0 saturated heterocycles. The summed E-state index contributed by atoms with van der Waals surface area (Å²) in [5.41, 5.74) is 3.33. The molecule has 4 aromatic rings. The minimum atomic E-state index is -3.68. The lowest BCUT2D eigenvalue weighted by Gasteiger charge is -2.10. The molecule has 0 unspecified atom stereocenters. The molecule has 1 N–H and O–H groups in total. The van der Waals surface area contributed by atoms with Crippen molar-refractivity contribution in [3.8, 4) is 22.8 Å². The summed E-state index contributed by atoms with van der Waals surface area (Å²) in [6.45, 7) is 4.19. The van der Waals surface area contributed by atoms with E-state index in [1.54, 1.807) is 42.6 Å². The summed E-state index contributed by atoms with van der Waals surface area (Å²) in [7, 11) is -3.68. The second kappa shape index (κ2) is 8.16. The van der Waals surface area contributed by atoms with E-state index in [1.165, 1.54) is 0 Å². The lowest BCUT2D eigenvalue weighted by atomic mass is 10.0. The van der Waals surface area contributed by atoms with Gasteiger partial charge in [0.2, 0.25) is 5.89 Å². The zero-order chi connectivity index (χ0) is 21.1. The molecule has 6 heteroatoms. The van der Waals surface area contributed by atoms with Crippen LogP contribution in [-0.4, -0.2) is 13.4 Å². The van der Waals surface area contributed by atoms with Gasteiger partial charge in [0.15, 0.2) is 5.76 Å². The normalized spacial score (nSPS) is 11.6. The average Bonchev–Trinajstić information content (AvgIpc) is 3.25. The van der Waals surface area contributed by atoms with Crippen LogP contribution in [0.2, 0.25) is 0 Å². The molecule has 0 aliphatic rings. The summed E-state index contributed by atoms with van der Waals surface area (Å²) < 4.78 is 33.9. The van der Waals surface area contributed by atoms with Gasteiger partial charge in [-0.1, -0.05) is 56.3 Å². The van der Waals surface area contributed by atoms with E-state index >= 15 is 0 Å². The van der Waals surface area contributed by atoms with E-state index in [-0.39, 0.29) is 4.90 Å². The van der Waals surface area contributed by atoms with Crippen molar-refractivity contribution in [2.45, 2.75) is 24.7 Å². The van der Waals surface area contributed by atoms with Gasteiger partial charge in [0.05, 0.1) is 11.1 Å². The smallest absolute Gasteiger partial charge is 0.261 e. The molecule has 1 aromatic heterocycles. The fraction of sp³-hybridized carbons (Fsp3) is 0.125. The largest absolute Gasteiger partial charge is 0.436 e. The number of benzene rings is 3. The highest BCUT2D eigenvalue weighted by atomic mass is 32.2. The number of nitrogens with one attached hydrogen (secondary N) is 1. The predicted octanol–water partition coefficient (Wildman–Crippen LogP) is 5.93. The first-order valence-electron chi connectivity index (χ1n) is 9.67. The fourth-order valence-electron chi connectivity index (χ4n) is 3.07. The molecule has 0 atom stereocenters. The lowest BCUT2D eigenvalue weighted by molar-refractivity contribution is 0.588. The summed E-state index contributed by atoms with van der Waals surface area (Å²) in [5.74, 6) is 1.49. The van der Waals surface area contributed by atoms with Gasteiger partial charge < -0.3 is 4.42 Å². The Kier molecular flexibility index (Phi) is 5.42. The summed E-state index contributed by atoms with van der Waals surface area (Å²) >= 11 is 0. The molecule has 0 saturated carbocycles. The van der Waals surface area contributed by atoms with E-state index < -0.39 is 10.0 Å². The van der Waals surface area contributed by atoms with Crippen LogP contribution in [0.25, 0.3) is 22.8 Å². The molecule has 1 heterocycles. The van der Waals surface area contributed by atoms with Crippen molar-refractivity contribution in [1.29, 1.82) is 0 Å². The monoisotopic (exact) mass is 418 g/mol. The van der Waals surface area contributed by atoms with E-state index in [9.17, 15) is 8.42 Å². The maximum absolute atomic E-state index is 12.7. The Morgan fingerprint density at radius 2 is 1.50 bits per heavy atom. The second-order valence-corrected chi connectivity index (χ2v) is 8.98. The Morgan fingerprint density at radius 1 is 0.833 bits per heavy atom. The molecule has 5 nitrogen and oxygen atoms in total. The predicted molar refractivity (Wildman–Crippen MR) is 119 cm³/mol. The summed E-state index contributed by atoms with van der Waals surface area (Å²) in [5, 5.41) is 0. The molecule has 0 aliphatic heterocycles. The molecular formula is C24H22N2O3S. The van der Waals surface area contributed by atoms with Gasteiger partial charge in [-0.15, -0.1) is 0 Å². The number of sulfonamides is 1. The highest BCUT2D eigenvalue weighted by Crippen LogP contribution is 2.27. The molecule has 0 radical (unpaired) electrons. The van der Waals surface area contributed by atoms with Crippen molar-refractivity contribution >= 4 is 15.7 Å². The van der Waals surface area contributed by atoms with E-state index in [1.807, 2.05) is 42.5 Å². The minimum absolute atomic E-state index is 0.175. The lowest BCUT2D eigenvalue weighted by Crippen LogP contribution is -2.12. The summed E-state index contributed by atoms with van der Waals surface area (Å²) in [4.78, 5) is 4.49. The van der Waals surface area contributed by atoms with E-state index in [0.29, 0.717) is 28.8 Å². The van der Waals surface area contributed by atoms with E-state index in [4.69, 9.17) is 4.42 Å². The van der Waals surface area contributed by atoms with Gasteiger partial charge in [-0.05, 0) is 47.9 Å². The summed E-state index contributed by atoms with van der Waals surface area (Å²) in [6.07, 6.45) is 1.66. The van der Waals surface area contributed by atoms with Crippen molar-refractivity contribution in [1.82, 2.24) is 4.98 Å². The standard InChI is InChI=1S/C24H22N2O3S/c1-17(2)18-8-12-21(13-9-18)26-30(27,28)22-14-10-20(11-15-22)24-25-16-23(29-24)19-6-4-3-5-7-19/h3-17,26H,1-2H3. The Labute approximate surface area is 176 Å². The minimum Gasteiger partial charge on any atom is -0.436 e. The first-order valence-corrected chi connectivity index (χ1v) is 11.2. The van der Waals surface area contributed by atoms with Crippen molar-refractivity contribution in [2.24, 2.45) is 0 Å². The van der Waals surface area contributed by atoms with Crippen molar-refractivity contribution in [3.63, 3.8) is 0 Å². The molecule has 30 heavy (non-hydrogen) atoms. The van der Waals surface area contributed by atoms with Crippen molar-refractivity contribution in [2.75, 3.05) is 4.72 Å². The molecule has 4 rings (SSSR count). The number of aromatic nitrogens is 1. The maximum atomic E-state index is 12.7. The number of oxazole rings is 1. The third kappa shape index (κ3) is 4.28.